The molecular weight excluding hydrogens is 358 g/mol. The Hall–Kier alpha value is -2.73. The van der Waals surface area contributed by atoms with Crippen molar-refractivity contribution in [3.05, 3.63) is 58.6 Å². The summed E-state index contributed by atoms with van der Waals surface area (Å²) in [6.07, 6.45) is 0.485. The fourth-order valence-corrected chi connectivity index (χ4v) is 3.27. The van der Waals surface area contributed by atoms with Crippen LogP contribution in [0.5, 0.6) is 11.5 Å². The molecule has 7 heteroatoms. The molecule has 0 saturated carbocycles. The predicted octanol–water partition coefficient (Wildman–Crippen LogP) is 3.16. The number of carboxylic acids is 1. The first-order valence-corrected chi connectivity index (χ1v) is 8.47. The molecule has 3 rings (SSSR count). The number of benzene rings is 2. The summed E-state index contributed by atoms with van der Waals surface area (Å²) in [5.74, 6) is -0.905. The number of hydrogen-bond donors (Lipinski definition) is 2. The van der Waals surface area contributed by atoms with Gasteiger partial charge in [0.25, 0.3) is 0 Å². The SMILES string of the molecule is COc1ccc(C(NC(=O)C2CCOc3ccccc32)C(=O)O)cc1Cl. The summed E-state index contributed by atoms with van der Waals surface area (Å²) in [6, 6.07) is 10.7. The van der Waals surface area contributed by atoms with Crippen molar-refractivity contribution in [3.8, 4) is 11.5 Å². The number of fused-ring (bicyclic) bond motifs is 1. The summed E-state index contributed by atoms with van der Waals surface area (Å²) in [7, 11) is 1.47. The van der Waals surface area contributed by atoms with E-state index in [0.29, 0.717) is 30.1 Å². The highest BCUT2D eigenvalue weighted by molar-refractivity contribution is 6.32. The van der Waals surface area contributed by atoms with Gasteiger partial charge in [0.2, 0.25) is 5.91 Å². The summed E-state index contributed by atoms with van der Waals surface area (Å²) in [4.78, 5) is 24.5. The number of carboxylic acid groups (broad SMARTS) is 1. The molecule has 2 atom stereocenters. The maximum absolute atomic E-state index is 12.8. The second kappa shape index (κ2) is 7.66. The third-order valence-corrected chi connectivity index (χ3v) is 4.61. The van der Waals surface area contributed by atoms with Crippen LogP contribution in [0.3, 0.4) is 0 Å². The van der Waals surface area contributed by atoms with Gasteiger partial charge in [0, 0.05) is 5.56 Å². The maximum Gasteiger partial charge on any atom is 0.330 e. The Labute approximate surface area is 155 Å². The lowest BCUT2D eigenvalue weighted by atomic mass is 9.91. The van der Waals surface area contributed by atoms with Crippen molar-refractivity contribution in [2.75, 3.05) is 13.7 Å². The summed E-state index contributed by atoms with van der Waals surface area (Å²) in [5.41, 5.74) is 1.13. The van der Waals surface area contributed by atoms with Gasteiger partial charge >= 0.3 is 5.97 Å². The number of methoxy groups -OCH3 is 1. The zero-order valence-electron chi connectivity index (χ0n) is 14.1. The number of amides is 1. The Morgan fingerprint density at radius 2 is 2.08 bits per heavy atom. The van der Waals surface area contributed by atoms with Gasteiger partial charge in [-0.2, -0.15) is 0 Å². The monoisotopic (exact) mass is 375 g/mol. The van der Waals surface area contributed by atoms with Crippen molar-refractivity contribution in [1.82, 2.24) is 5.32 Å². The summed E-state index contributed by atoms with van der Waals surface area (Å²) >= 11 is 6.08. The van der Waals surface area contributed by atoms with Crippen LogP contribution in [0.2, 0.25) is 5.02 Å². The third kappa shape index (κ3) is 3.60. The van der Waals surface area contributed by atoms with Gasteiger partial charge in [-0.05, 0) is 30.2 Å². The Morgan fingerprint density at radius 3 is 2.77 bits per heavy atom. The molecule has 1 aliphatic heterocycles. The highest BCUT2D eigenvalue weighted by Crippen LogP contribution is 2.34. The molecule has 2 N–H and O–H groups in total. The molecule has 2 unspecified atom stereocenters. The second-order valence-electron chi connectivity index (χ2n) is 5.90. The second-order valence-corrected chi connectivity index (χ2v) is 6.31. The zero-order valence-corrected chi connectivity index (χ0v) is 14.8. The molecule has 0 spiro atoms. The molecule has 0 fully saturated rings. The number of nitrogens with one attached hydrogen (secondary N) is 1. The minimum atomic E-state index is -1.21. The Morgan fingerprint density at radius 1 is 1.31 bits per heavy atom. The van der Waals surface area contributed by atoms with E-state index in [2.05, 4.69) is 5.32 Å². The molecule has 0 radical (unpaired) electrons. The molecule has 2 aromatic carbocycles. The summed E-state index contributed by atoms with van der Waals surface area (Å²) < 4.78 is 10.6. The van der Waals surface area contributed by atoms with E-state index in [1.165, 1.54) is 13.2 Å². The van der Waals surface area contributed by atoms with E-state index in [9.17, 15) is 14.7 Å². The lowest BCUT2D eigenvalue weighted by Gasteiger charge is -2.26. The third-order valence-electron chi connectivity index (χ3n) is 4.32. The smallest absolute Gasteiger partial charge is 0.330 e. The van der Waals surface area contributed by atoms with E-state index < -0.39 is 17.9 Å². The zero-order chi connectivity index (χ0) is 18.7. The number of carbonyl (C=O) groups excluding carboxylic acids is 1. The van der Waals surface area contributed by atoms with Crippen LogP contribution in [0, 0.1) is 0 Å². The fourth-order valence-electron chi connectivity index (χ4n) is 3.01. The van der Waals surface area contributed by atoms with Crippen LogP contribution in [-0.4, -0.2) is 30.7 Å². The largest absolute Gasteiger partial charge is 0.495 e. The van der Waals surface area contributed by atoms with Crippen LogP contribution in [0.1, 0.15) is 29.5 Å². The number of hydrogen-bond acceptors (Lipinski definition) is 4. The molecule has 1 aliphatic rings. The van der Waals surface area contributed by atoms with Gasteiger partial charge in [0.15, 0.2) is 6.04 Å². The fraction of sp³-hybridized carbons (Fsp3) is 0.263. The van der Waals surface area contributed by atoms with Gasteiger partial charge in [-0.25, -0.2) is 4.79 Å². The van der Waals surface area contributed by atoms with Crippen LogP contribution in [0.15, 0.2) is 42.5 Å². The van der Waals surface area contributed by atoms with Crippen LogP contribution in [0.4, 0.5) is 0 Å². The molecule has 6 nitrogen and oxygen atoms in total. The van der Waals surface area contributed by atoms with E-state index in [1.807, 2.05) is 18.2 Å². The molecule has 1 heterocycles. The standard InChI is InChI=1S/C19H18ClNO5/c1-25-16-7-6-11(10-14(16)20)17(19(23)24)21-18(22)13-8-9-26-15-5-3-2-4-12(13)15/h2-7,10,13,17H,8-9H2,1H3,(H,21,22)(H,23,24). The van der Waals surface area contributed by atoms with E-state index in [-0.39, 0.29) is 10.9 Å². The Balaban J connectivity index is 1.84. The van der Waals surface area contributed by atoms with Gasteiger partial charge in [0.1, 0.15) is 11.5 Å². The number of ether oxygens (including phenoxy) is 2. The van der Waals surface area contributed by atoms with Crippen LogP contribution in [-0.2, 0) is 9.59 Å². The van der Waals surface area contributed by atoms with Crippen LogP contribution in [0.25, 0.3) is 0 Å². The minimum Gasteiger partial charge on any atom is -0.495 e. The molecule has 0 bridgehead atoms. The number of halogens is 1. The van der Waals surface area contributed by atoms with Gasteiger partial charge in [-0.15, -0.1) is 0 Å². The lowest BCUT2D eigenvalue weighted by Crippen LogP contribution is -2.38. The molecule has 0 aliphatic carbocycles. The van der Waals surface area contributed by atoms with E-state index in [4.69, 9.17) is 21.1 Å². The van der Waals surface area contributed by atoms with Crippen molar-refractivity contribution in [3.63, 3.8) is 0 Å². The molecular formula is C19H18ClNO5. The number of aliphatic carboxylic acids is 1. The molecule has 136 valence electrons. The molecule has 26 heavy (non-hydrogen) atoms. The molecule has 0 saturated heterocycles. The van der Waals surface area contributed by atoms with Gasteiger partial charge in [-0.3, -0.25) is 4.79 Å². The average Bonchev–Trinajstić information content (AvgIpc) is 2.65. The van der Waals surface area contributed by atoms with Crippen molar-refractivity contribution in [2.24, 2.45) is 0 Å². The maximum atomic E-state index is 12.8. The lowest BCUT2D eigenvalue weighted by molar-refractivity contribution is -0.142. The van der Waals surface area contributed by atoms with Crippen LogP contribution >= 0.6 is 11.6 Å². The van der Waals surface area contributed by atoms with Crippen molar-refractivity contribution >= 4 is 23.5 Å². The van der Waals surface area contributed by atoms with Crippen molar-refractivity contribution in [1.29, 1.82) is 0 Å². The van der Waals surface area contributed by atoms with Crippen LogP contribution < -0.4 is 14.8 Å². The quantitative estimate of drug-likeness (QED) is 0.838. The number of rotatable bonds is 5. The highest BCUT2D eigenvalue weighted by atomic mass is 35.5. The van der Waals surface area contributed by atoms with Gasteiger partial charge in [0.05, 0.1) is 24.7 Å². The van der Waals surface area contributed by atoms with E-state index in [1.54, 1.807) is 18.2 Å². The first kappa shape index (κ1) is 18.1. The average molecular weight is 376 g/mol. The minimum absolute atomic E-state index is 0.280. The topological polar surface area (TPSA) is 84.9 Å². The predicted molar refractivity (Wildman–Crippen MR) is 95.8 cm³/mol. The number of para-hydroxylation sites is 1. The Bertz CT molecular complexity index is 838. The summed E-state index contributed by atoms with van der Waals surface area (Å²) in [5, 5.41) is 12.5. The van der Waals surface area contributed by atoms with Gasteiger partial charge in [-0.1, -0.05) is 35.9 Å². The molecule has 1 amide bonds. The number of carbonyl (C=O) groups is 2. The van der Waals surface area contributed by atoms with Crippen molar-refractivity contribution < 1.29 is 24.2 Å². The van der Waals surface area contributed by atoms with Crippen molar-refractivity contribution in [2.45, 2.75) is 18.4 Å². The molecule has 0 aromatic heterocycles. The first-order chi connectivity index (χ1) is 12.5. The molecule has 2 aromatic rings. The normalized spacial score (nSPS) is 16.8. The highest BCUT2D eigenvalue weighted by Gasteiger charge is 2.31. The Kier molecular flexibility index (Phi) is 5.32. The van der Waals surface area contributed by atoms with Gasteiger partial charge < -0.3 is 19.9 Å². The first-order valence-electron chi connectivity index (χ1n) is 8.09. The summed E-state index contributed by atoms with van der Waals surface area (Å²) in [6.45, 7) is 0.404. The van der Waals surface area contributed by atoms with E-state index >= 15 is 0 Å². The van der Waals surface area contributed by atoms with E-state index in [0.717, 1.165) is 5.56 Å².